The molecule has 0 radical (unpaired) electrons. The van der Waals surface area contributed by atoms with Gasteiger partial charge in [-0.1, -0.05) is 164 Å². The molecule has 0 spiro atoms. The predicted octanol–water partition coefficient (Wildman–Crippen LogP) is 14.1. The van der Waals surface area contributed by atoms with Crippen molar-refractivity contribution in [1.82, 2.24) is 14.1 Å². The molecule has 0 saturated heterocycles. The number of pyridine rings is 1. The fourth-order valence-electron chi connectivity index (χ4n) is 9.43. The summed E-state index contributed by atoms with van der Waals surface area (Å²) < 4.78 is 13.8. The molecule has 7 aromatic carbocycles. The van der Waals surface area contributed by atoms with E-state index in [9.17, 15) is 0 Å². The maximum Gasteiger partial charge on any atom is 0.255 e. The van der Waals surface area contributed by atoms with Crippen molar-refractivity contribution in [3.05, 3.63) is 222 Å². The number of imidazole rings is 1. The minimum atomic E-state index is -0.304. The first kappa shape index (κ1) is 39.9. The lowest BCUT2D eigenvalue weighted by Gasteiger charge is -2.33. The van der Waals surface area contributed by atoms with Gasteiger partial charge in [-0.15, -0.1) is 0 Å². The third kappa shape index (κ3) is 6.98. The average molecular weight is 822 g/mol. The molecule has 0 aliphatic carbocycles. The van der Waals surface area contributed by atoms with Crippen LogP contribution in [0.5, 0.6) is 11.5 Å². The molecule has 0 unspecified atom stereocenters. The van der Waals surface area contributed by atoms with Gasteiger partial charge >= 0.3 is 0 Å². The SMILES string of the molecule is CC(C)(C)c1ccnc(-n2c3ccccc3c3ccc(Oc4cccc(-n5c[n+](-c6c(C(C)(C)c7ccccc7)cccc6C(C)(C)c6ccccc6)c6ccccc65)c4)cc32)c1. The molecule has 5 nitrogen and oxygen atoms in total. The number of hydrogen-bond acceptors (Lipinski definition) is 2. The van der Waals surface area contributed by atoms with E-state index in [0.29, 0.717) is 0 Å². The van der Waals surface area contributed by atoms with E-state index in [0.717, 1.165) is 50.5 Å². The van der Waals surface area contributed by atoms with Crippen molar-refractivity contribution in [1.29, 1.82) is 0 Å². The van der Waals surface area contributed by atoms with Gasteiger partial charge in [0.25, 0.3) is 6.33 Å². The lowest BCUT2D eigenvalue weighted by Crippen LogP contribution is -2.38. The first-order valence-electron chi connectivity index (χ1n) is 22.0. The molecule has 0 fully saturated rings. The molecule has 3 aromatic heterocycles. The average Bonchev–Trinajstić information content (AvgIpc) is 3.85. The summed E-state index contributed by atoms with van der Waals surface area (Å²) in [6.45, 7) is 16.1. The highest BCUT2D eigenvalue weighted by atomic mass is 16.5. The van der Waals surface area contributed by atoms with Gasteiger partial charge in [-0.3, -0.25) is 4.57 Å². The van der Waals surface area contributed by atoms with Crippen LogP contribution >= 0.6 is 0 Å². The second-order valence-corrected chi connectivity index (χ2v) is 18.8. The van der Waals surface area contributed by atoms with E-state index in [1.165, 1.54) is 38.9 Å². The van der Waals surface area contributed by atoms with Gasteiger partial charge in [0, 0.05) is 51.1 Å². The third-order valence-electron chi connectivity index (χ3n) is 13.1. The summed E-state index contributed by atoms with van der Waals surface area (Å²) in [7, 11) is 0. The third-order valence-corrected chi connectivity index (χ3v) is 13.1. The van der Waals surface area contributed by atoms with Crippen LogP contribution in [0.25, 0.3) is 50.0 Å². The maximum absolute atomic E-state index is 6.79. The van der Waals surface area contributed by atoms with Crippen LogP contribution < -0.4 is 9.30 Å². The van der Waals surface area contributed by atoms with Crippen LogP contribution in [0.2, 0.25) is 0 Å². The van der Waals surface area contributed by atoms with E-state index < -0.39 is 0 Å². The van der Waals surface area contributed by atoms with Crippen LogP contribution in [0, 0.1) is 0 Å². The number of nitrogens with zero attached hydrogens (tertiary/aromatic N) is 4. The Kier molecular flexibility index (Phi) is 9.67. The van der Waals surface area contributed by atoms with Crippen molar-refractivity contribution in [3.63, 3.8) is 0 Å². The zero-order valence-electron chi connectivity index (χ0n) is 37.2. The molecule has 0 saturated carbocycles. The molecule has 10 aromatic rings. The fraction of sp³-hybridized carbons (Fsp3) is 0.172. The lowest BCUT2D eigenvalue weighted by atomic mass is 9.72. The smallest absolute Gasteiger partial charge is 0.255 e. The Morgan fingerprint density at radius 1 is 0.476 bits per heavy atom. The van der Waals surface area contributed by atoms with Gasteiger partial charge in [-0.25, -0.2) is 4.98 Å². The summed E-state index contributed by atoms with van der Waals surface area (Å²) in [4.78, 5) is 4.89. The Balaban J connectivity index is 1.10. The van der Waals surface area contributed by atoms with Crippen LogP contribution in [0.3, 0.4) is 0 Å². The Hall–Kier alpha value is -7.24. The zero-order chi connectivity index (χ0) is 43.5. The molecule has 0 amide bonds. The molecule has 3 heterocycles. The monoisotopic (exact) mass is 821 g/mol. The standard InChI is InChI=1S/C58H53N4O/c1-56(2,3)42-34-35-59-54(36-42)62-50-29-15-14-26-46(50)47-33-32-45(38-53(47)62)63-44-25-18-24-43(37-44)60-39-61(52-31-17-16-30-51(52)60)55-48(57(4,5)40-20-10-8-11-21-40)27-19-28-49(55)58(6,7)41-22-12-9-13-23-41/h8-39H,1-7H3/q+1. The minimum absolute atomic E-state index is 0.0107. The summed E-state index contributed by atoms with van der Waals surface area (Å²) in [6.07, 6.45) is 4.18. The molecule has 0 bridgehead atoms. The van der Waals surface area contributed by atoms with Crippen molar-refractivity contribution >= 4 is 32.8 Å². The van der Waals surface area contributed by atoms with E-state index in [1.54, 1.807) is 0 Å². The number of para-hydroxylation sites is 4. The molecule has 0 aliphatic rings. The van der Waals surface area contributed by atoms with E-state index in [2.05, 4.69) is 244 Å². The second kappa shape index (κ2) is 15.3. The first-order valence-corrected chi connectivity index (χ1v) is 22.0. The van der Waals surface area contributed by atoms with Gasteiger partial charge in [-0.2, -0.15) is 9.13 Å². The summed E-state index contributed by atoms with van der Waals surface area (Å²) in [5.74, 6) is 2.40. The summed E-state index contributed by atoms with van der Waals surface area (Å²) >= 11 is 0. The Bertz CT molecular complexity index is 3220. The number of hydrogen-bond donors (Lipinski definition) is 0. The fourth-order valence-corrected chi connectivity index (χ4v) is 9.43. The highest BCUT2D eigenvalue weighted by molar-refractivity contribution is 6.09. The van der Waals surface area contributed by atoms with E-state index in [1.807, 2.05) is 12.3 Å². The van der Waals surface area contributed by atoms with E-state index in [-0.39, 0.29) is 16.2 Å². The zero-order valence-corrected chi connectivity index (χ0v) is 37.2. The van der Waals surface area contributed by atoms with Crippen LogP contribution in [-0.2, 0) is 16.2 Å². The highest BCUT2D eigenvalue weighted by Gasteiger charge is 2.36. The number of ether oxygens (including phenoxy) is 1. The Labute approximate surface area is 370 Å². The normalized spacial score (nSPS) is 12.4. The summed E-state index contributed by atoms with van der Waals surface area (Å²) in [5, 5.41) is 2.34. The van der Waals surface area contributed by atoms with Gasteiger partial charge in [0.15, 0.2) is 11.0 Å². The van der Waals surface area contributed by atoms with Gasteiger partial charge in [0.05, 0.1) is 11.0 Å². The number of benzene rings is 7. The van der Waals surface area contributed by atoms with Gasteiger partial charge in [0.2, 0.25) is 0 Å². The largest absolute Gasteiger partial charge is 0.457 e. The van der Waals surface area contributed by atoms with Crippen molar-refractivity contribution in [2.45, 2.75) is 64.7 Å². The second-order valence-electron chi connectivity index (χ2n) is 18.8. The van der Waals surface area contributed by atoms with Gasteiger partial charge < -0.3 is 4.74 Å². The predicted molar refractivity (Wildman–Crippen MR) is 259 cm³/mol. The van der Waals surface area contributed by atoms with Crippen molar-refractivity contribution in [2.75, 3.05) is 0 Å². The Morgan fingerprint density at radius 3 is 1.75 bits per heavy atom. The van der Waals surface area contributed by atoms with Gasteiger partial charge in [0.1, 0.15) is 28.7 Å². The molecule has 310 valence electrons. The topological polar surface area (TPSA) is 35.9 Å². The molecule has 5 heteroatoms. The van der Waals surface area contributed by atoms with Crippen LogP contribution in [0.1, 0.15) is 76.3 Å². The summed E-state index contributed by atoms with van der Waals surface area (Å²) in [6, 6.07) is 65.0. The Morgan fingerprint density at radius 2 is 1.06 bits per heavy atom. The molecule has 0 N–H and O–H groups in total. The van der Waals surface area contributed by atoms with Gasteiger partial charge in [-0.05, 0) is 76.7 Å². The first-order chi connectivity index (χ1) is 30.4. The molecule has 0 aliphatic heterocycles. The van der Waals surface area contributed by atoms with Crippen molar-refractivity contribution in [3.8, 4) is 28.7 Å². The van der Waals surface area contributed by atoms with Crippen LogP contribution in [0.15, 0.2) is 195 Å². The minimum Gasteiger partial charge on any atom is -0.457 e. The van der Waals surface area contributed by atoms with Crippen LogP contribution in [-0.4, -0.2) is 14.1 Å². The molecule has 0 atom stereocenters. The van der Waals surface area contributed by atoms with Crippen molar-refractivity contribution in [2.24, 2.45) is 0 Å². The molecule has 10 rings (SSSR count). The van der Waals surface area contributed by atoms with Crippen molar-refractivity contribution < 1.29 is 9.30 Å². The van der Waals surface area contributed by atoms with Crippen LogP contribution in [0.4, 0.5) is 0 Å². The number of aromatic nitrogens is 4. The van der Waals surface area contributed by atoms with E-state index >= 15 is 0 Å². The number of rotatable bonds is 9. The van der Waals surface area contributed by atoms with E-state index in [4.69, 9.17) is 9.72 Å². The molecular weight excluding hydrogens is 769 g/mol. The summed E-state index contributed by atoms with van der Waals surface area (Å²) in [5.41, 5.74) is 12.2. The highest BCUT2D eigenvalue weighted by Crippen LogP contribution is 2.42. The molecular formula is C58H53N4O+. The maximum atomic E-state index is 6.79. The number of fused-ring (bicyclic) bond motifs is 4. The molecule has 63 heavy (non-hydrogen) atoms. The quantitative estimate of drug-likeness (QED) is 0.136. The lowest BCUT2D eigenvalue weighted by molar-refractivity contribution is -0.569.